The molecule has 0 bridgehead atoms. The lowest BCUT2D eigenvalue weighted by Crippen LogP contribution is -2.40. The highest BCUT2D eigenvalue weighted by atomic mass is 32.2. The van der Waals surface area contributed by atoms with Crippen LogP contribution in [0, 0.1) is 0 Å². The van der Waals surface area contributed by atoms with E-state index in [0.29, 0.717) is 22.4 Å². The Labute approximate surface area is 168 Å². The summed E-state index contributed by atoms with van der Waals surface area (Å²) in [4.78, 5) is 28.0. The number of fused-ring (bicyclic) bond motifs is 1. The van der Waals surface area contributed by atoms with Crippen LogP contribution >= 0.6 is 0 Å². The van der Waals surface area contributed by atoms with Crippen molar-refractivity contribution in [2.45, 2.75) is 25.7 Å². The van der Waals surface area contributed by atoms with E-state index < -0.39 is 22.0 Å². The Morgan fingerprint density at radius 2 is 1.83 bits per heavy atom. The lowest BCUT2D eigenvalue weighted by atomic mass is 10.1. The highest BCUT2D eigenvalue weighted by Gasteiger charge is 2.22. The summed E-state index contributed by atoms with van der Waals surface area (Å²) in [5.74, 6) is -1.03. The van der Waals surface area contributed by atoms with Crippen molar-refractivity contribution in [3.63, 3.8) is 0 Å². The molecule has 0 aliphatic heterocycles. The van der Waals surface area contributed by atoms with Gasteiger partial charge in [0.05, 0.1) is 11.3 Å². The SMILES string of the molecule is CC(=O)c1cccc(O[C@@H](C)C(=O)NS(=O)(=O)Cc2cccc3cccnc23)c1. The summed E-state index contributed by atoms with van der Waals surface area (Å²) < 4.78 is 32.5. The third-order valence-corrected chi connectivity index (χ3v) is 5.44. The van der Waals surface area contributed by atoms with E-state index in [2.05, 4.69) is 4.98 Å². The van der Waals surface area contributed by atoms with Crippen LogP contribution in [0.1, 0.15) is 29.8 Å². The molecule has 7 nitrogen and oxygen atoms in total. The molecule has 0 aliphatic rings. The standard InChI is InChI=1S/C21H20N2O5S/c1-14(24)17-7-4-10-19(12-17)28-15(2)21(25)23-29(26,27)13-18-8-3-6-16-9-5-11-22-20(16)18/h3-12,15H,13H2,1-2H3,(H,23,25)/t15-/m0/s1. The first kappa shape index (κ1) is 20.5. The van der Waals surface area contributed by atoms with E-state index in [0.717, 1.165) is 5.39 Å². The summed E-state index contributed by atoms with van der Waals surface area (Å²) >= 11 is 0. The number of ether oxygens (including phenoxy) is 1. The minimum Gasteiger partial charge on any atom is -0.481 e. The molecular weight excluding hydrogens is 392 g/mol. The van der Waals surface area contributed by atoms with Crippen molar-refractivity contribution in [3.05, 3.63) is 71.9 Å². The number of pyridine rings is 1. The molecule has 8 heteroatoms. The maximum Gasteiger partial charge on any atom is 0.274 e. The number of hydrogen-bond donors (Lipinski definition) is 1. The van der Waals surface area contributed by atoms with Gasteiger partial charge in [-0.25, -0.2) is 13.1 Å². The molecule has 150 valence electrons. The van der Waals surface area contributed by atoms with E-state index >= 15 is 0 Å². The molecule has 2 aromatic carbocycles. The number of aromatic nitrogens is 1. The molecule has 0 unspecified atom stereocenters. The number of amides is 1. The summed E-state index contributed by atoms with van der Waals surface area (Å²) in [6.45, 7) is 2.86. The molecule has 1 heterocycles. The van der Waals surface area contributed by atoms with Gasteiger partial charge >= 0.3 is 0 Å². The van der Waals surface area contributed by atoms with Crippen LogP contribution in [-0.2, 0) is 20.6 Å². The van der Waals surface area contributed by atoms with Gasteiger partial charge in [-0.1, -0.05) is 36.4 Å². The first-order valence-electron chi connectivity index (χ1n) is 8.90. The molecule has 0 spiro atoms. The molecule has 0 aliphatic carbocycles. The molecule has 1 atom stereocenters. The van der Waals surface area contributed by atoms with Gasteiger partial charge < -0.3 is 4.74 Å². The average Bonchev–Trinajstić information content (AvgIpc) is 2.68. The van der Waals surface area contributed by atoms with E-state index in [4.69, 9.17) is 4.74 Å². The zero-order valence-corrected chi connectivity index (χ0v) is 16.8. The fourth-order valence-electron chi connectivity index (χ4n) is 2.81. The Hall–Kier alpha value is -3.26. The number of Topliss-reactive ketones (excluding diaryl/α,β-unsaturated/α-hetero) is 1. The van der Waals surface area contributed by atoms with Gasteiger partial charge in [-0.2, -0.15) is 0 Å². The monoisotopic (exact) mass is 412 g/mol. The van der Waals surface area contributed by atoms with Gasteiger partial charge in [0.25, 0.3) is 5.91 Å². The van der Waals surface area contributed by atoms with E-state index in [-0.39, 0.29) is 11.5 Å². The van der Waals surface area contributed by atoms with Gasteiger partial charge in [-0.05, 0) is 37.6 Å². The average molecular weight is 412 g/mol. The van der Waals surface area contributed by atoms with Gasteiger partial charge in [0.2, 0.25) is 10.0 Å². The van der Waals surface area contributed by atoms with E-state index in [9.17, 15) is 18.0 Å². The van der Waals surface area contributed by atoms with Crippen LogP contribution in [-0.4, -0.2) is 31.2 Å². The molecule has 0 saturated heterocycles. The van der Waals surface area contributed by atoms with Crippen LogP contribution in [0.2, 0.25) is 0 Å². The zero-order chi connectivity index (χ0) is 21.0. The minimum atomic E-state index is -3.96. The van der Waals surface area contributed by atoms with Crippen LogP contribution in [0.25, 0.3) is 10.9 Å². The maximum absolute atomic E-state index is 12.5. The van der Waals surface area contributed by atoms with Crippen molar-refractivity contribution in [2.75, 3.05) is 0 Å². The highest BCUT2D eigenvalue weighted by molar-refractivity contribution is 7.89. The van der Waals surface area contributed by atoms with Crippen LogP contribution < -0.4 is 9.46 Å². The summed E-state index contributed by atoms with van der Waals surface area (Å²) in [6, 6.07) is 15.2. The quantitative estimate of drug-likeness (QED) is 0.599. The second kappa shape index (κ2) is 8.40. The number of benzene rings is 2. The zero-order valence-electron chi connectivity index (χ0n) is 16.0. The van der Waals surface area contributed by atoms with Crippen molar-refractivity contribution in [2.24, 2.45) is 0 Å². The van der Waals surface area contributed by atoms with E-state index in [1.54, 1.807) is 42.6 Å². The van der Waals surface area contributed by atoms with Gasteiger partial charge in [-0.15, -0.1) is 0 Å². The van der Waals surface area contributed by atoms with E-state index in [1.807, 2.05) is 16.9 Å². The van der Waals surface area contributed by atoms with Crippen LogP contribution in [0.15, 0.2) is 60.8 Å². The van der Waals surface area contributed by atoms with E-state index in [1.165, 1.54) is 19.9 Å². The molecule has 1 amide bonds. The molecule has 0 fully saturated rings. The first-order chi connectivity index (χ1) is 13.7. The minimum absolute atomic E-state index is 0.140. The summed E-state index contributed by atoms with van der Waals surface area (Å²) in [5, 5.41) is 0.814. The predicted octanol–water partition coefficient (Wildman–Crippen LogP) is 2.85. The fourth-order valence-corrected chi connectivity index (χ4v) is 3.99. The van der Waals surface area contributed by atoms with Crippen molar-refractivity contribution in [1.82, 2.24) is 9.71 Å². The molecule has 29 heavy (non-hydrogen) atoms. The lowest BCUT2D eigenvalue weighted by molar-refractivity contribution is -0.125. The number of carbonyl (C=O) groups is 2. The molecule has 0 saturated carbocycles. The lowest BCUT2D eigenvalue weighted by Gasteiger charge is -2.15. The maximum atomic E-state index is 12.5. The Bertz CT molecular complexity index is 1170. The van der Waals surface area contributed by atoms with Crippen molar-refractivity contribution in [1.29, 1.82) is 0 Å². The van der Waals surface area contributed by atoms with Crippen molar-refractivity contribution in [3.8, 4) is 5.75 Å². The largest absolute Gasteiger partial charge is 0.481 e. The Morgan fingerprint density at radius 3 is 2.59 bits per heavy atom. The van der Waals surface area contributed by atoms with Crippen LogP contribution in [0.4, 0.5) is 0 Å². The normalized spacial score (nSPS) is 12.3. The van der Waals surface area contributed by atoms with Gasteiger partial charge in [0.15, 0.2) is 11.9 Å². The van der Waals surface area contributed by atoms with Gasteiger partial charge in [-0.3, -0.25) is 14.6 Å². The summed E-state index contributed by atoms with van der Waals surface area (Å²) in [5.41, 5.74) is 1.50. The molecular formula is C21H20N2O5S. The highest BCUT2D eigenvalue weighted by Crippen LogP contribution is 2.18. The summed E-state index contributed by atoms with van der Waals surface area (Å²) in [6.07, 6.45) is 0.514. The van der Waals surface area contributed by atoms with Crippen LogP contribution in [0.3, 0.4) is 0 Å². The van der Waals surface area contributed by atoms with Gasteiger partial charge in [0, 0.05) is 17.1 Å². The molecule has 3 aromatic rings. The second-order valence-corrected chi connectivity index (χ2v) is 8.28. The second-order valence-electron chi connectivity index (χ2n) is 6.56. The number of nitrogens with one attached hydrogen (secondary N) is 1. The number of nitrogens with zero attached hydrogens (tertiary/aromatic N) is 1. The molecule has 3 rings (SSSR count). The van der Waals surface area contributed by atoms with Crippen molar-refractivity contribution < 1.29 is 22.7 Å². The molecule has 1 aromatic heterocycles. The smallest absolute Gasteiger partial charge is 0.274 e. The molecule has 0 radical (unpaired) electrons. The number of rotatable bonds is 7. The third-order valence-electron chi connectivity index (χ3n) is 4.24. The molecule has 1 N–H and O–H groups in total. The van der Waals surface area contributed by atoms with Gasteiger partial charge in [0.1, 0.15) is 5.75 Å². The number of sulfonamides is 1. The van der Waals surface area contributed by atoms with Crippen LogP contribution in [0.5, 0.6) is 5.75 Å². The number of hydrogen-bond acceptors (Lipinski definition) is 6. The third kappa shape index (κ3) is 5.17. The first-order valence-corrected chi connectivity index (χ1v) is 10.5. The fraction of sp³-hybridized carbons (Fsp3) is 0.190. The summed E-state index contributed by atoms with van der Waals surface area (Å²) in [7, 11) is -3.96. The number of para-hydroxylation sites is 1. The Balaban J connectivity index is 1.70. The number of ketones is 1. The number of carbonyl (C=O) groups excluding carboxylic acids is 2. The Morgan fingerprint density at radius 1 is 1.10 bits per heavy atom. The predicted molar refractivity (Wildman–Crippen MR) is 109 cm³/mol. The Kier molecular flexibility index (Phi) is 5.93. The topological polar surface area (TPSA) is 102 Å². The van der Waals surface area contributed by atoms with Crippen molar-refractivity contribution >= 4 is 32.6 Å².